The van der Waals surface area contributed by atoms with Crippen LogP contribution in [0.1, 0.15) is 36.8 Å². The zero-order valence-corrected chi connectivity index (χ0v) is 17.2. The molecule has 28 heavy (non-hydrogen) atoms. The molecule has 0 spiro atoms. The summed E-state index contributed by atoms with van der Waals surface area (Å²) >= 11 is 0. The zero-order valence-electron chi connectivity index (χ0n) is 16.4. The molecule has 0 saturated heterocycles. The Bertz CT molecular complexity index is 994. The average Bonchev–Trinajstić information content (AvgIpc) is 3.35. The molecule has 1 aliphatic heterocycles. The maximum atomic E-state index is 13.7. The van der Waals surface area contributed by atoms with Gasteiger partial charge in [0.2, 0.25) is 15.9 Å². The highest BCUT2D eigenvalue weighted by Gasteiger charge is 2.46. The van der Waals surface area contributed by atoms with Crippen LogP contribution in [0.4, 0.5) is 5.69 Å². The first-order chi connectivity index (χ1) is 13.4. The second-order valence-electron chi connectivity index (χ2n) is 7.94. The largest absolute Gasteiger partial charge is 0.311 e. The molecule has 1 saturated carbocycles. The third kappa shape index (κ3) is 2.95. The lowest BCUT2D eigenvalue weighted by Crippen LogP contribution is -2.45. The van der Waals surface area contributed by atoms with Crippen molar-refractivity contribution in [2.75, 3.05) is 25.5 Å². The predicted octanol–water partition coefficient (Wildman–Crippen LogP) is 3.34. The number of benzene rings is 2. The highest BCUT2D eigenvalue weighted by Crippen LogP contribution is 2.44. The Labute approximate surface area is 167 Å². The summed E-state index contributed by atoms with van der Waals surface area (Å²) in [5.41, 5.74) is 2.41. The molecule has 1 aliphatic carbocycles. The summed E-state index contributed by atoms with van der Waals surface area (Å²) in [6.07, 6.45) is 4.54. The zero-order chi connectivity index (χ0) is 19.9. The molecule has 1 amide bonds. The van der Waals surface area contributed by atoms with E-state index in [2.05, 4.69) is 12.1 Å². The number of sulfonamides is 1. The molecule has 2 aromatic rings. The normalized spacial score (nSPS) is 18.5. The highest BCUT2D eigenvalue weighted by molar-refractivity contribution is 7.89. The Kier molecular flexibility index (Phi) is 4.79. The maximum Gasteiger partial charge on any atom is 0.242 e. The van der Waals surface area contributed by atoms with Crippen LogP contribution in [0.2, 0.25) is 0 Å². The second-order valence-corrected chi connectivity index (χ2v) is 10.1. The van der Waals surface area contributed by atoms with Gasteiger partial charge in [0.25, 0.3) is 0 Å². The van der Waals surface area contributed by atoms with Crippen LogP contribution in [0.5, 0.6) is 0 Å². The quantitative estimate of drug-likeness (QED) is 0.794. The van der Waals surface area contributed by atoms with E-state index < -0.39 is 15.4 Å². The van der Waals surface area contributed by atoms with E-state index in [4.69, 9.17) is 0 Å². The van der Waals surface area contributed by atoms with Crippen LogP contribution in [0, 0.1) is 0 Å². The minimum atomic E-state index is -3.48. The molecule has 2 aliphatic rings. The van der Waals surface area contributed by atoms with Crippen molar-refractivity contribution < 1.29 is 13.2 Å². The van der Waals surface area contributed by atoms with E-state index >= 15 is 0 Å². The molecule has 6 heteroatoms. The number of carbonyl (C=O) groups is 1. The molecule has 5 nitrogen and oxygen atoms in total. The molecule has 0 N–H and O–H groups in total. The first-order valence-corrected chi connectivity index (χ1v) is 11.2. The first kappa shape index (κ1) is 19.2. The van der Waals surface area contributed by atoms with E-state index in [9.17, 15) is 13.2 Å². The molecule has 0 aromatic heterocycles. The fourth-order valence-electron chi connectivity index (χ4n) is 4.58. The van der Waals surface area contributed by atoms with Gasteiger partial charge in [-0.2, -0.15) is 0 Å². The van der Waals surface area contributed by atoms with Gasteiger partial charge >= 0.3 is 0 Å². The Morgan fingerprint density at radius 3 is 2.36 bits per heavy atom. The van der Waals surface area contributed by atoms with Crippen molar-refractivity contribution >= 4 is 21.6 Å². The summed E-state index contributed by atoms with van der Waals surface area (Å²) in [4.78, 5) is 15.9. The third-order valence-corrected chi connectivity index (χ3v) is 7.97. The SMILES string of the molecule is CN(C)S(=O)(=O)c1ccc2c(c1)CCN2C(=O)C1(c2ccccc2)CCCC1. The van der Waals surface area contributed by atoms with E-state index in [1.54, 1.807) is 18.2 Å². The van der Waals surface area contributed by atoms with Crippen molar-refractivity contribution in [3.8, 4) is 0 Å². The lowest BCUT2D eigenvalue weighted by atomic mass is 9.77. The third-order valence-electron chi connectivity index (χ3n) is 6.16. The van der Waals surface area contributed by atoms with E-state index in [0.29, 0.717) is 13.0 Å². The monoisotopic (exact) mass is 398 g/mol. The second kappa shape index (κ2) is 7.01. The summed E-state index contributed by atoms with van der Waals surface area (Å²) in [6.45, 7) is 0.605. The number of hydrogen-bond donors (Lipinski definition) is 0. The van der Waals surface area contributed by atoms with Gasteiger partial charge < -0.3 is 4.90 Å². The van der Waals surface area contributed by atoms with Crippen molar-refractivity contribution in [3.63, 3.8) is 0 Å². The van der Waals surface area contributed by atoms with Gasteiger partial charge in [0.05, 0.1) is 10.3 Å². The van der Waals surface area contributed by atoms with E-state index in [1.165, 1.54) is 18.4 Å². The van der Waals surface area contributed by atoms with Gasteiger partial charge in [-0.15, -0.1) is 0 Å². The Morgan fingerprint density at radius 1 is 1.04 bits per heavy atom. The van der Waals surface area contributed by atoms with Crippen molar-refractivity contribution in [2.24, 2.45) is 0 Å². The van der Waals surface area contributed by atoms with Gasteiger partial charge in [-0.3, -0.25) is 4.79 Å². The highest BCUT2D eigenvalue weighted by atomic mass is 32.2. The summed E-state index contributed by atoms with van der Waals surface area (Å²) in [5.74, 6) is 0.151. The molecule has 0 bridgehead atoms. The summed E-state index contributed by atoms with van der Waals surface area (Å²) < 4.78 is 26.1. The maximum absolute atomic E-state index is 13.7. The van der Waals surface area contributed by atoms with Crippen molar-refractivity contribution in [1.29, 1.82) is 0 Å². The summed E-state index contributed by atoms with van der Waals surface area (Å²) in [5, 5.41) is 0. The van der Waals surface area contributed by atoms with Crippen molar-refractivity contribution in [2.45, 2.75) is 42.4 Å². The minimum absolute atomic E-state index is 0.151. The van der Waals surface area contributed by atoms with E-state index in [-0.39, 0.29) is 10.8 Å². The molecule has 1 fully saturated rings. The lowest BCUT2D eigenvalue weighted by molar-refractivity contribution is -0.123. The molecule has 0 radical (unpaired) electrons. The fraction of sp³-hybridized carbons (Fsp3) is 0.409. The molecular formula is C22H26N2O3S. The van der Waals surface area contributed by atoms with Crippen LogP contribution in [-0.2, 0) is 26.7 Å². The molecule has 148 valence electrons. The Morgan fingerprint density at radius 2 is 1.71 bits per heavy atom. The predicted molar refractivity (Wildman–Crippen MR) is 110 cm³/mol. The number of amides is 1. The van der Waals surface area contributed by atoms with Crippen molar-refractivity contribution in [3.05, 3.63) is 59.7 Å². The number of rotatable bonds is 4. The topological polar surface area (TPSA) is 57.7 Å². The molecule has 1 heterocycles. The average molecular weight is 399 g/mol. The van der Waals surface area contributed by atoms with Crippen LogP contribution >= 0.6 is 0 Å². The molecule has 0 atom stereocenters. The van der Waals surface area contributed by atoms with Crippen LogP contribution in [0.3, 0.4) is 0 Å². The van der Waals surface area contributed by atoms with Gasteiger partial charge in [0.1, 0.15) is 0 Å². The minimum Gasteiger partial charge on any atom is -0.311 e. The smallest absolute Gasteiger partial charge is 0.242 e. The Hall–Kier alpha value is -2.18. The molecule has 0 unspecified atom stereocenters. The fourth-order valence-corrected chi connectivity index (χ4v) is 5.53. The first-order valence-electron chi connectivity index (χ1n) is 9.79. The standard InChI is InChI=1S/C22H26N2O3S/c1-23(2)28(26,27)19-10-11-20-17(16-19)12-15-24(20)21(25)22(13-6-7-14-22)18-8-4-3-5-9-18/h3-5,8-11,16H,6-7,12-15H2,1-2H3. The number of hydrogen-bond acceptors (Lipinski definition) is 3. The molecular weight excluding hydrogens is 372 g/mol. The number of nitrogens with zero attached hydrogens (tertiary/aromatic N) is 2. The Balaban J connectivity index is 1.70. The molecule has 4 rings (SSSR count). The van der Waals surface area contributed by atoms with Gasteiger partial charge in [-0.25, -0.2) is 12.7 Å². The van der Waals surface area contributed by atoms with Crippen LogP contribution in [0.25, 0.3) is 0 Å². The van der Waals surface area contributed by atoms with Gasteiger partial charge in [-0.05, 0) is 48.6 Å². The van der Waals surface area contributed by atoms with Gasteiger partial charge in [0, 0.05) is 26.3 Å². The van der Waals surface area contributed by atoms with E-state index in [0.717, 1.165) is 42.5 Å². The number of fused-ring (bicyclic) bond motifs is 1. The van der Waals surface area contributed by atoms with E-state index in [1.807, 2.05) is 23.1 Å². The van der Waals surface area contributed by atoms with Gasteiger partial charge in [-0.1, -0.05) is 43.2 Å². The number of anilines is 1. The lowest BCUT2D eigenvalue weighted by Gasteiger charge is -2.33. The van der Waals surface area contributed by atoms with Gasteiger partial charge in [0.15, 0.2) is 0 Å². The van der Waals surface area contributed by atoms with Crippen LogP contribution < -0.4 is 4.90 Å². The van der Waals surface area contributed by atoms with Crippen LogP contribution in [-0.4, -0.2) is 39.3 Å². The van der Waals surface area contributed by atoms with Crippen LogP contribution in [0.15, 0.2) is 53.4 Å². The summed E-state index contributed by atoms with van der Waals surface area (Å²) in [7, 11) is -0.417. The van der Waals surface area contributed by atoms with Crippen molar-refractivity contribution in [1.82, 2.24) is 4.31 Å². The molecule has 2 aromatic carbocycles. The summed E-state index contributed by atoms with van der Waals surface area (Å²) in [6, 6.07) is 15.2. The number of carbonyl (C=O) groups excluding carboxylic acids is 1.